The van der Waals surface area contributed by atoms with E-state index in [1.807, 2.05) is 0 Å². The second kappa shape index (κ2) is 8.17. The Kier molecular flexibility index (Phi) is 8.06. The second-order valence-electron chi connectivity index (χ2n) is 4.62. The summed E-state index contributed by atoms with van der Waals surface area (Å²) in [5, 5.41) is 0. The fourth-order valence-corrected chi connectivity index (χ4v) is 5.97. The maximum Gasteiger partial charge on any atom is 0.414 e. The number of hydrogen-bond donors (Lipinski definition) is 0. The lowest BCUT2D eigenvalue weighted by Gasteiger charge is -2.08. The summed E-state index contributed by atoms with van der Waals surface area (Å²) in [6.07, 6.45) is -0.867. The minimum Gasteiger partial charge on any atom is -0.245 e. The molecular formula is C8H18O11S4. The van der Waals surface area contributed by atoms with E-state index >= 15 is 0 Å². The Morgan fingerprint density at radius 2 is 1.13 bits per heavy atom. The predicted molar refractivity (Wildman–Crippen MR) is 79.0 cm³/mol. The van der Waals surface area contributed by atoms with Crippen LogP contribution in [0.15, 0.2) is 0 Å². The Morgan fingerprint density at radius 1 is 0.739 bits per heavy atom. The molecule has 0 unspecified atom stereocenters. The lowest BCUT2D eigenvalue weighted by Crippen LogP contribution is -2.21. The molecule has 0 saturated carbocycles. The fraction of sp³-hybridized carbons (Fsp3) is 1.00. The standard InChI is InChI=1S/C8H18O11S4/c1-8(2)17-23(15,16)19-22(13,14)7-5-4-6-21(11,12)18-20(3,9)10/h8H,4-7H2,1-3H3. The third kappa shape index (κ3) is 12.7. The van der Waals surface area contributed by atoms with Gasteiger partial charge in [-0.2, -0.15) is 33.7 Å². The molecule has 0 spiro atoms. The molecule has 0 aliphatic carbocycles. The van der Waals surface area contributed by atoms with Crippen LogP contribution < -0.4 is 0 Å². The predicted octanol–water partition coefficient (Wildman–Crippen LogP) is -0.911. The molecule has 0 bridgehead atoms. The van der Waals surface area contributed by atoms with E-state index < -0.39 is 58.4 Å². The van der Waals surface area contributed by atoms with E-state index in [2.05, 4.69) is 11.4 Å². The summed E-state index contributed by atoms with van der Waals surface area (Å²) in [6.45, 7) is 2.69. The third-order valence-corrected chi connectivity index (χ3v) is 7.28. The van der Waals surface area contributed by atoms with Gasteiger partial charge in [-0.15, -0.1) is 7.26 Å². The van der Waals surface area contributed by atoms with Crippen LogP contribution >= 0.6 is 0 Å². The van der Waals surface area contributed by atoms with Gasteiger partial charge in [0, 0.05) is 0 Å². The normalized spacial score (nSPS) is 14.3. The van der Waals surface area contributed by atoms with Crippen molar-refractivity contribution in [2.45, 2.75) is 32.8 Å². The Hall–Kier alpha value is -0.320. The molecule has 0 aromatic heterocycles. The highest BCUT2D eigenvalue weighted by atomic mass is 32.3. The minimum absolute atomic E-state index is 0.286. The van der Waals surface area contributed by atoms with Crippen LogP contribution in [0.2, 0.25) is 0 Å². The van der Waals surface area contributed by atoms with E-state index in [0.717, 1.165) is 0 Å². The smallest absolute Gasteiger partial charge is 0.245 e. The van der Waals surface area contributed by atoms with Crippen LogP contribution in [0.5, 0.6) is 0 Å². The summed E-state index contributed by atoms with van der Waals surface area (Å²) < 4.78 is 101. The maximum atomic E-state index is 11.4. The average molecular weight is 418 g/mol. The van der Waals surface area contributed by atoms with Crippen molar-refractivity contribution >= 4 is 40.8 Å². The lowest BCUT2D eigenvalue weighted by molar-refractivity contribution is 0.218. The molecule has 0 rings (SSSR count). The van der Waals surface area contributed by atoms with Crippen molar-refractivity contribution in [3.05, 3.63) is 0 Å². The topological polar surface area (TPSA) is 164 Å². The highest BCUT2D eigenvalue weighted by Crippen LogP contribution is 2.10. The molecule has 0 aliphatic rings. The van der Waals surface area contributed by atoms with Gasteiger partial charge in [-0.3, -0.25) is 0 Å². The van der Waals surface area contributed by atoms with Gasteiger partial charge in [-0.05, 0) is 26.7 Å². The van der Waals surface area contributed by atoms with E-state index in [4.69, 9.17) is 0 Å². The Labute approximate surface area is 136 Å². The quantitative estimate of drug-likeness (QED) is 0.381. The van der Waals surface area contributed by atoms with E-state index in [-0.39, 0.29) is 12.8 Å². The van der Waals surface area contributed by atoms with Crippen molar-refractivity contribution in [3.63, 3.8) is 0 Å². The summed E-state index contributed by atoms with van der Waals surface area (Å²) >= 11 is 0. The van der Waals surface area contributed by atoms with Gasteiger partial charge in [0.25, 0.3) is 30.4 Å². The summed E-state index contributed by atoms with van der Waals surface area (Å²) in [4.78, 5) is 0. The van der Waals surface area contributed by atoms with Crippen LogP contribution in [-0.2, 0) is 52.2 Å². The molecule has 0 heterocycles. The molecule has 0 radical (unpaired) electrons. The van der Waals surface area contributed by atoms with Gasteiger partial charge in [-0.1, -0.05) is 0 Å². The summed E-state index contributed by atoms with van der Waals surface area (Å²) in [6, 6.07) is 0. The molecule has 0 fully saturated rings. The second-order valence-corrected chi connectivity index (χ2v) is 11.2. The zero-order chi connectivity index (χ0) is 18.5. The molecule has 15 heteroatoms. The molecule has 0 N–H and O–H groups in total. The van der Waals surface area contributed by atoms with Gasteiger partial charge in [-0.25, -0.2) is 4.18 Å². The van der Waals surface area contributed by atoms with Crippen LogP contribution in [0.25, 0.3) is 0 Å². The van der Waals surface area contributed by atoms with Crippen LogP contribution in [0, 0.1) is 0 Å². The molecule has 0 atom stereocenters. The lowest BCUT2D eigenvalue weighted by atomic mass is 10.4. The van der Waals surface area contributed by atoms with Gasteiger partial charge in [0.2, 0.25) is 0 Å². The first-order valence-electron chi connectivity index (χ1n) is 6.04. The Morgan fingerprint density at radius 3 is 1.48 bits per heavy atom. The van der Waals surface area contributed by atoms with Gasteiger partial charge >= 0.3 is 10.4 Å². The van der Waals surface area contributed by atoms with Crippen LogP contribution in [0.4, 0.5) is 0 Å². The van der Waals surface area contributed by atoms with E-state index in [1.54, 1.807) is 0 Å². The first-order valence-corrected chi connectivity index (χ1v) is 12.3. The molecule has 140 valence electrons. The summed E-state index contributed by atoms with van der Waals surface area (Å²) in [5.41, 5.74) is 0. The maximum absolute atomic E-state index is 11.4. The van der Waals surface area contributed by atoms with Crippen LogP contribution in [0.3, 0.4) is 0 Å². The van der Waals surface area contributed by atoms with Crippen molar-refractivity contribution in [2.75, 3.05) is 17.8 Å². The number of rotatable bonds is 11. The summed E-state index contributed by atoms with van der Waals surface area (Å²) in [5.74, 6) is -1.56. The van der Waals surface area contributed by atoms with Crippen molar-refractivity contribution in [3.8, 4) is 0 Å². The van der Waals surface area contributed by atoms with Crippen molar-refractivity contribution < 1.29 is 45.1 Å². The van der Waals surface area contributed by atoms with Crippen LogP contribution in [0.1, 0.15) is 26.7 Å². The minimum atomic E-state index is -4.74. The van der Waals surface area contributed by atoms with E-state index in [0.29, 0.717) is 6.26 Å². The first kappa shape index (κ1) is 22.7. The highest BCUT2D eigenvalue weighted by Gasteiger charge is 2.25. The SMILES string of the molecule is CC(C)OS(=O)(=O)OS(=O)(=O)CCCCS(=O)(=O)OS(C)(=O)=O. The molecule has 0 aromatic rings. The van der Waals surface area contributed by atoms with Crippen LogP contribution in [-0.4, -0.2) is 57.5 Å². The van der Waals surface area contributed by atoms with Gasteiger partial charge in [0.1, 0.15) is 0 Å². The molecule has 23 heavy (non-hydrogen) atoms. The third-order valence-electron chi connectivity index (χ3n) is 1.76. The van der Waals surface area contributed by atoms with Crippen molar-refractivity contribution in [1.29, 1.82) is 0 Å². The zero-order valence-corrected chi connectivity index (χ0v) is 15.8. The monoisotopic (exact) mass is 418 g/mol. The van der Waals surface area contributed by atoms with E-state index in [9.17, 15) is 33.7 Å². The molecule has 11 nitrogen and oxygen atoms in total. The van der Waals surface area contributed by atoms with E-state index in [1.165, 1.54) is 13.8 Å². The highest BCUT2D eigenvalue weighted by molar-refractivity contribution is 7.99. The fourth-order valence-electron chi connectivity index (χ4n) is 1.19. The number of unbranched alkanes of at least 4 members (excludes halogenated alkanes) is 1. The summed E-state index contributed by atoms with van der Waals surface area (Å²) in [7, 11) is -17.8. The molecule has 0 aliphatic heterocycles. The van der Waals surface area contributed by atoms with Crippen molar-refractivity contribution in [1.82, 2.24) is 0 Å². The molecule has 0 amide bonds. The molecular weight excluding hydrogens is 400 g/mol. The zero-order valence-electron chi connectivity index (χ0n) is 12.5. The van der Waals surface area contributed by atoms with Crippen molar-refractivity contribution in [2.24, 2.45) is 0 Å². The van der Waals surface area contributed by atoms with Gasteiger partial charge < -0.3 is 0 Å². The average Bonchev–Trinajstić information content (AvgIpc) is 2.16. The van der Waals surface area contributed by atoms with Gasteiger partial charge in [0.05, 0.1) is 23.9 Å². The number of hydrogen-bond acceptors (Lipinski definition) is 11. The molecule has 0 aromatic carbocycles. The first-order chi connectivity index (χ1) is 10.0. The molecule has 0 saturated heterocycles. The van der Waals surface area contributed by atoms with Gasteiger partial charge in [0.15, 0.2) is 0 Å². The Balaban J connectivity index is 4.48. The Bertz CT molecular complexity index is 786. The largest absolute Gasteiger partial charge is 0.414 e.